The molecule has 0 saturated heterocycles. The Labute approximate surface area is 130 Å². The Balaban J connectivity index is 1.93. The van der Waals surface area contributed by atoms with E-state index in [1.54, 1.807) is 0 Å². The summed E-state index contributed by atoms with van der Waals surface area (Å²) in [5, 5.41) is 15.6. The van der Waals surface area contributed by atoms with Crippen molar-refractivity contribution in [1.29, 1.82) is 0 Å². The summed E-state index contributed by atoms with van der Waals surface area (Å²) in [6, 6.07) is 5.76. The predicted octanol–water partition coefficient (Wildman–Crippen LogP) is 3.14. The third-order valence-corrected chi connectivity index (χ3v) is 4.29. The van der Waals surface area contributed by atoms with E-state index in [1.165, 1.54) is 0 Å². The maximum atomic E-state index is 12.1. The van der Waals surface area contributed by atoms with Crippen molar-refractivity contribution >= 4 is 28.9 Å². The van der Waals surface area contributed by atoms with Crippen LogP contribution in [0.1, 0.15) is 31.2 Å². The van der Waals surface area contributed by atoms with Crippen LogP contribution in [0.2, 0.25) is 0 Å². The highest BCUT2D eigenvalue weighted by atomic mass is 35.5. The molecule has 1 fully saturated rings. The first-order valence-corrected chi connectivity index (χ1v) is 8.03. The summed E-state index contributed by atoms with van der Waals surface area (Å²) in [7, 11) is 0. The molecule has 1 saturated carbocycles. The van der Waals surface area contributed by atoms with E-state index in [1.807, 2.05) is 25.1 Å². The lowest BCUT2D eigenvalue weighted by molar-refractivity contribution is -0.119. The van der Waals surface area contributed by atoms with Crippen LogP contribution in [0.5, 0.6) is 0 Å². The van der Waals surface area contributed by atoms with Crippen molar-refractivity contribution in [3.8, 4) is 0 Å². The van der Waals surface area contributed by atoms with E-state index < -0.39 is 6.10 Å². The molecule has 0 spiro atoms. The van der Waals surface area contributed by atoms with E-state index in [2.05, 4.69) is 10.6 Å². The Kier molecular flexibility index (Phi) is 5.88. The van der Waals surface area contributed by atoms with Crippen molar-refractivity contribution in [2.75, 3.05) is 23.1 Å². The second-order valence-corrected chi connectivity index (χ2v) is 6.00. The number of carbonyl (C=O) groups is 1. The number of amides is 1. The van der Waals surface area contributed by atoms with Gasteiger partial charge in [0.15, 0.2) is 0 Å². The number of aliphatic hydroxyl groups excluding tert-OH is 1. The van der Waals surface area contributed by atoms with Gasteiger partial charge in [-0.2, -0.15) is 0 Å². The van der Waals surface area contributed by atoms with Crippen LogP contribution >= 0.6 is 11.6 Å². The average Bonchev–Trinajstić information content (AvgIpc) is 3.01. The summed E-state index contributed by atoms with van der Waals surface area (Å²) in [5.41, 5.74) is 2.78. The molecule has 1 aliphatic rings. The topological polar surface area (TPSA) is 61.4 Å². The molecule has 1 amide bonds. The van der Waals surface area contributed by atoms with E-state index in [9.17, 15) is 9.90 Å². The molecule has 4 nitrogen and oxygen atoms in total. The van der Waals surface area contributed by atoms with Gasteiger partial charge >= 0.3 is 0 Å². The number of alkyl halides is 1. The molecule has 0 aromatic heterocycles. The molecule has 2 rings (SSSR count). The number of hydrogen-bond acceptors (Lipinski definition) is 3. The smallest absolute Gasteiger partial charge is 0.227 e. The maximum Gasteiger partial charge on any atom is 0.227 e. The van der Waals surface area contributed by atoms with Gasteiger partial charge < -0.3 is 15.7 Å². The number of anilines is 2. The zero-order chi connectivity index (χ0) is 15.2. The second kappa shape index (κ2) is 7.66. The van der Waals surface area contributed by atoms with Gasteiger partial charge in [0, 0.05) is 23.8 Å². The highest BCUT2D eigenvalue weighted by Crippen LogP contribution is 2.27. The minimum absolute atomic E-state index is 0.133. The van der Waals surface area contributed by atoms with Gasteiger partial charge in [-0.15, -0.1) is 11.6 Å². The van der Waals surface area contributed by atoms with Crippen LogP contribution in [-0.2, 0) is 4.79 Å². The Morgan fingerprint density at radius 2 is 2.14 bits per heavy atom. The Bertz CT molecular complexity index is 487. The predicted molar refractivity (Wildman–Crippen MR) is 87.0 cm³/mol. The van der Waals surface area contributed by atoms with E-state index in [-0.39, 0.29) is 17.7 Å². The van der Waals surface area contributed by atoms with E-state index in [0.717, 1.165) is 42.6 Å². The van der Waals surface area contributed by atoms with Crippen molar-refractivity contribution in [2.24, 2.45) is 5.92 Å². The van der Waals surface area contributed by atoms with Crippen LogP contribution in [0.3, 0.4) is 0 Å². The molecule has 5 heteroatoms. The normalized spacial score (nSPS) is 16.7. The first-order valence-electron chi connectivity index (χ1n) is 7.49. The van der Waals surface area contributed by atoms with Crippen molar-refractivity contribution < 1.29 is 9.90 Å². The minimum Gasteiger partial charge on any atom is -0.390 e. The zero-order valence-electron chi connectivity index (χ0n) is 12.4. The monoisotopic (exact) mass is 310 g/mol. The largest absolute Gasteiger partial charge is 0.390 e. The number of nitrogens with one attached hydrogen (secondary N) is 2. The van der Waals surface area contributed by atoms with Crippen LogP contribution < -0.4 is 10.6 Å². The Hall–Kier alpha value is -1.26. The number of hydrogen-bond donors (Lipinski definition) is 3. The Morgan fingerprint density at radius 1 is 1.43 bits per heavy atom. The van der Waals surface area contributed by atoms with Gasteiger partial charge in [-0.3, -0.25) is 4.79 Å². The van der Waals surface area contributed by atoms with E-state index in [4.69, 9.17) is 11.6 Å². The summed E-state index contributed by atoms with van der Waals surface area (Å²) < 4.78 is 0. The third-order valence-electron chi connectivity index (χ3n) is 3.93. The van der Waals surface area contributed by atoms with Gasteiger partial charge in [-0.1, -0.05) is 12.8 Å². The molecule has 0 aliphatic heterocycles. The highest BCUT2D eigenvalue weighted by molar-refractivity contribution is 6.18. The van der Waals surface area contributed by atoms with Crippen LogP contribution in [0, 0.1) is 12.8 Å². The van der Waals surface area contributed by atoms with Gasteiger partial charge in [-0.05, 0) is 43.5 Å². The lowest BCUT2D eigenvalue weighted by atomic mass is 10.1. The van der Waals surface area contributed by atoms with Crippen molar-refractivity contribution in [3.05, 3.63) is 23.8 Å². The standard InChI is InChI=1S/C16H23ClN2O2/c1-11-8-13(18-10-14(20)9-17)6-7-15(11)19-16(21)12-4-2-3-5-12/h6-8,12,14,18,20H,2-5,9-10H2,1H3,(H,19,21). The summed E-state index contributed by atoms with van der Waals surface area (Å²) >= 11 is 5.56. The molecule has 1 atom stereocenters. The fourth-order valence-corrected chi connectivity index (χ4v) is 2.74. The summed E-state index contributed by atoms with van der Waals surface area (Å²) in [6.07, 6.45) is 3.75. The molecule has 21 heavy (non-hydrogen) atoms. The second-order valence-electron chi connectivity index (χ2n) is 5.69. The molecule has 1 aliphatic carbocycles. The van der Waals surface area contributed by atoms with Crippen LogP contribution in [-0.4, -0.2) is 29.5 Å². The van der Waals surface area contributed by atoms with Crippen LogP contribution in [0.25, 0.3) is 0 Å². The molecular formula is C16H23ClN2O2. The SMILES string of the molecule is Cc1cc(NCC(O)CCl)ccc1NC(=O)C1CCCC1. The molecular weight excluding hydrogens is 288 g/mol. The quantitative estimate of drug-likeness (QED) is 0.707. The number of carbonyl (C=O) groups excluding carboxylic acids is 1. The Morgan fingerprint density at radius 3 is 2.76 bits per heavy atom. The fraction of sp³-hybridized carbons (Fsp3) is 0.562. The van der Waals surface area contributed by atoms with Gasteiger partial charge in [0.05, 0.1) is 12.0 Å². The molecule has 1 unspecified atom stereocenters. The van der Waals surface area contributed by atoms with Gasteiger partial charge in [0.25, 0.3) is 0 Å². The van der Waals surface area contributed by atoms with Crippen molar-refractivity contribution in [3.63, 3.8) is 0 Å². The molecule has 0 heterocycles. The molecule has 3 N–H and O–H groups in total. The summed E-state index contributed by atoms with van der Waals surface area (Å²) in [5.74, 6) is 0.511. The van der Waals surface area contributed by atoms with Gasteiger partial charge in [0.1, 0.15) is 0 Å². The number of aryl methyl sites for hydroxylation is 1. The fourth-order valence-electron chi connectivity index (χ4n) is 2.63. The van der Waals surface area contributed by atoms with Gasteiger partial charge in [-0.25, -0.2) is 0 Å². The van der Waals surface area contributed by atoms with Gasteiger partial charge in [0.2, 0.25) is 5.91 Å². The van der Waals surface area contributed by atoms with E-state index >= 15 is 0 Å². The lowest BCUT2D eigenvalue weighted by Crippen LogP contribution is -2.21. The summed E-state index contributed by atoms with van der Waals surface area (Å²) in [4.78, 5) is 12.1. The third kappa shape index (κ3) is 4.61. The number of benzene rings is 1. The lowest BCUT2D eigenvalue weighted by Gasteiger charge is -2.15. The minimum atomic E-state index is -0.561. The summed E-state index contributed by atoms with van der Waals surface area (Å²) in [6.45, 7) is 2.38. The van der Waals surface area contributed by atoms with Crippen LogP contribution in [0.4, 0.5) is 11.4 Å². The van der Waals surface area contributed by atoms with Crippen LogP contribution in [0.15, 0.2) is 18.2 Å². The molecule has 1 aromatic carbocycles. The molecule has 116 valence electrons. The maximum absolute atomic E-state index is 12.1. The first kappa shape index (κ1) is 16.1. The first-order chi connectivity index (χ1) is 10.1. The molecule has 0 radical (unpaired) electrons. The molecule has 0 bridgehead atoms. The number of halogens is 1. The van der Waals surface area contributed by atoms with Crippen molar-refractivity contribution in [2.45, 2.75) is 38.7 Å². The zero-order valence-corrected chi connectivity index (χ0v) is 13.1. The number of aliphatic hydroxyl groups is 1. The van der Waals surface area contributed by atoms with Crippen molar-refractivity contribution in [1.82, 2.24) is 0 Å². The van der Waals surface area contributed by atoms with E-state index in [0.29, 0.717) is 6.54 Å². The molecule has 1 aromatic rings. The highest BCUT2D eigenvalue weighted by Gasteiger charge is 2.22. The number of rotatable bonds is 6. The average molecular weight is 311 g/mol.